The molecule has 0 spiro atoms. The topological polar surface area (TPSA) is 43.4 Å². The van der Waals surface area contributed by atoms with E-state index in [1.807, 2.05) is 6.92 Å². The van der Waals surface area contributed by atoms with Crippen molar-refractivity contribution in [1.82, 2.24) is 0 Å². The molecule has 1 aromatic carbocycles. The molecule has 0 bridgehead atoms. The van der Waals surface area contributed by atoms with E-state index in [-0.39, 0.29) is 4.90 Å². The first-order chi connectivity index (χ1) is 12.8. The summed E-state index contributed by atoms with van der Waals surface area (Å²) < 4.78 is 45.2. The van der Waals surface area contributed by atoms with Crippen LogP contribution in [-0.2, 0) is 14.3 Å². The molecule has 0 atom stereocenters. The fraction of sp³-hybridized carbons (Fsp3) is 0.714. The first-order valence-corrected chi connectivity index (χ1v) is 11.1. The third-order valence-corrected chi connectivity index (χ3v) is 5.61. The van der Waals surface area contributed by atoms with Crippen molar-refractivity contribution in [2.45, 2.75) is 95.7 Å². The average Bonchev–Trinajstić information content (AvgIpc) is 2.62. The second-order valence-corrected chi connectivity index (χ2v) is 8.33. The number of unbranched alkanes of at least 4 members (excludes halogenated alkanes) is 9. The Morgan fingerprint density at radius 3 is 1.84 bits per heavy atom. The second-order valence-electron chi connectivity index (χ2n) is 6.71. The van der Waals surface area contributed by atoms with Crippen molar-refractivity contribution in [1.29, 1.82) is 0 Å². The highest BCUT2D eigenvalue weighted by atomic mass is 32.2. The molecule has 0 radical (unpaired) electrons. The number of benzene rings is 1. The highest BCUT2D eigenvalue weighted by Crippen LogP contribution is 2.15. The van der Waals surface area contributed by atoms with Crippen molar-refractivity contribution in [2.75, 3.05) is 6.61 Å². The first-order valence-electron chi connectivity index (χ1n) is 10.7. The maximum atomic E-state index is 12.1. The average molecular weight is 371 g/mol. The Kier molecular flexibility index (Phi) is 10.1. The van der Waals surface area contributed by atoms with Crippen LogP contribution in [0.4, 0.5) is 0 Å². The van der Waals surface area contributed by atoms with Gasteiger partial charge in [-0.05, 0) is 25.4 Å². The van der Waals surface area contributed by atoms with Gasteiger partial charge in [0.2, 0.25) is 0 Å². The van der Waals surface area contributed by atoms with Gasteiger partial charge >= 0.3 is 0 Å². The summed E-state index contributed by atoms with van der Waals surface area (Å²) in [7, 11) is -3.90. The highest BCUT2D eigenvalue weighted by Gasteiger charge is 2.14. The van der Waals surface area contributed by atoms with E-state index in [9.17, 15) is 8.42 Å². The van der Waals surface area contributed by atoms with E-state index in [1.165, 1.54) is 57.1 Å². The standard InChI is InChI=1S/C21H36O3S/c1-3-4-5-6-7-8-9-10-11-12-13-14-19-24-25(22,23)21-17-15-20(2)16-18-21/h15-18H,3-14,19H2,1-2H3/i14D2. The van der Waals surface area contributed by atoms with E-state index in [4.69, 9.17) is 6.92 Å². The van der Waals surface area contributed by atoms with Crippen molar-refractivity contribution >= 4 is 10.1 Å². The summed E-state index contributed by atoms with van der Waals surface area (Å²) in [6.07, 6.45) is 10.6. The molecular weight excluding hydrogens is 332 g/mol. The second kappa shape index (κ2) is 13.3. The van der Waals surface area contributed by atoms with Gasteiger partial charge in [-0.15, -0.1) is 0 Å². The van der Waals surface area contributed by atoms with Crippen molar-refractivity contribution in [3.05, 3.63) is 29.8 Å². The van der Waals surface area contributed by atoms with Gasteiger partial charge in [0.15, 0.2) is 0 Å². The zero-order chi connectivity index (χ0) is 20.2. The Labute approximate surface area is 158 Å². The summed E-state index contributed by atoms with van der Waals surface area (Å²) in [6.45, 7) is 3.67. The number of hydrogen-bond donors (Lipinski definition) is 0. The van der Waals surface area contributed by atoms with Gasteiger partial charge < -0.3 is 0 Å². The Balaban J connectivity index is 2.19. The van der Waals surface area contributed by atoms with Crippen molar-refractivity contribution < 1.29 is 15.3 Å². The van der Waals surface area contributed by atoms with Crippen LogP contribution in [0, 0.1) is 6.92 Å². The summed E-state index contributed by atoms with van der Waals surface area (Å²) >= 11 is 0. The molecule has 4 heteroatoms. The Morgan fingerprint density at radius 1 is 0.840 bits per heavy atom. The molecular formula is C21H36O3S. The Bertz CT molecular complexity index is 613. The predicted octanol–water partition coefficient (Wildman–Crippen LogP) is 6.40. The Morgan fingerprint density at radius 2 is 1.32 bits per heavy atom. The molecule has 0 aromatic heterocycles. The van der Waals surface area contributed by atoms with Gasteiger partial charge in [-0.2, -0.15) is 8.42 Å². The van der Waals surface area contributed by atoms with Gasteiger partial charge in [-0.25, -0.2) is 0 Å². The summed E-state index contributed by atoms with van der Waals surface area (Å²) in [5, 5.41) is 0. The van der Waals surface area contributed by atoms with Crippen LogP contribution in [0.15, 0.2) is 29.2 Å². The molecule has 3 nitrogen and oxygen atoms in total. The number of rotatable bonds is 15. The molecule has 0 aliphatic heterocycles. The molecule has 1 aromatic rings. The molecule has 0 unspecified atom stereocenters. The van der Waals surface area contributed by atoms with Gasteiger partial charge in [0, 0.05) is 2.74 Å². The van der Waals surface area contributed by atoms with Crippen molar-refractivity contribution in [3.8, 4) is 0 Å². The van der Waals surface area contributed by atoms with Crippen molar-refractivity contribution in [3.63, 3.8) is 0 Å². The SMILES string of the molecule is [2H]C([2H])(CCCCCCCCCCCC)COS(=O)(=O)c1ccc(C)cc1. The summed E-state index contributed by atoms with van der Waals surface area (Å²) in [5.74, 6) is 0. The third kappa shape index (κ3) is 10.7. The quantitative estimate of drug-likeness (QED) is 0.265. The maximum Gasteiger partial charge on any atom is 0.296 e. The molecule has 0 N–H and O–H groups in total. The molecule has 0 saturated heterocycles. The maximum absolute atomic E-state index is 12.1. The van der Waals surface area contributed by atoms with Crippen LogP contribution in [0.1, 0.15) is 92.2 Å². The fourth-order valence-electron chi connectivity index (χ4n) is 2.70. The van der Waals surface area contributed by atoms with Crippen LogP contribution >= 0.6 is 0 Å². The lowest BCUT2D eigenvalue weighted by Gasteiger charge is -2.06. The molecule has 0 aliphatic carbocycles. The Hall–Kier alpha value is -0.870. The van der Waals surface area contributed by atoms with Gasteiger partial charge in [0.25, 0.3) is 10.1 Å². The van der Waals surface area contributed by atoms with Crippen LogP contribution in [0.2, 0.25) is 0 Å². The molecule has 0 amide bonds. The monoisotopic (exact) mass is 370 g/mol. The zero-order valence-corrected chi connectivity index (χ0v) is 16.7. The van der Waals surface area contributed by atoms with Crippen LogP contribution in [0.25, 0.3) is 0 Å². The highest BCUT2D eigenvalue weighted by molar-refractivity contribution is 7.86. The zero-order valence-electron chi connectivity index (χ0n) is 17.9. The smallest absolute Gasteiger partial charge is 0.266 e. The van der Waals surface area contributed by atoms with E-state index >= 15 is 0 Å². The molecule has 0 heterocycles. The summed E-state index contributed by atoms with van der Waals surface area (Å²) in [4.78, 5) is 0.0721. The number of hydrogen-bond acceptors (Lipinski definition) is 3. The van der Waals surface area contributed by atoms with Gasteiger partial charge in [-0.3, -0.25) is 4.18 Å². The molecule has 25 heavy (non-hydrogen) atoms. The lowest BCUT2D eigenvalue weighted by Crippen LogP contribution is -2.07. The summed E-state index contributed by atoms with van der Waals surface area (Å²) in [6, 6.07) is 6.38. The minimum absolute atomic E-state index is 0.0721. The van der Waals surface area contributed by atoms with E-state index in [2.05, 4.69) is 6.92 Å². The van der Waals surface area contributed by atoms with Crippen LogP contribution in [0.3, 0.4) is 0 Å². The van der Waals surface area contributed by atoms with Gasteiger partial charge in [0.05, 0.1) is 11.5 Å². The minimum atomic E-state index is -3.90. The molecule has 1 rings (SSSR count). The first kappa shape index (κ1) is 18.9. The van der Waals surface area contributed by atoms with E-state index in [0.717, 1.165) is 24.8 Å². The largest absolute Gasteiger partial charge is 0.296 e. The van der Waals surface area contributed by atoms with E-state index < -0.39 is 23.1 Å². The van der Waals surface area contributed by atoms with Crippen LogP contribution < -0.4 is 0 Å². The van der Waals surface area contributed by atoms with E-state index in [1.54, 1.807) is 12.1 Å². The lowest BCUT2D eigenvalue weighted by atomic mass is 10.1. The molecule has 0 saturated carbocycles. The molecule has 0 fully saturated rings. The van der Waals surface area contributed by atoms with Crippen LogP contribution in [-0.4, -0.2) is 15.0 Å². The minimum Gasteiger partial charge on any atom is -0.266 e. The fourth-order valence-corrected chi connectivity index (χ4v) is 3.55. The predicted molar refractivity (Wildman–Crippen MR) is 105 cm³/mol. The van der Waals surface area contributed by atoms with Gasteiger partial charge in [0.1, 0.15) is 0 Å². The lowest BCUT2D eigenvalue weighted by molar-refractivity contribution is 0.306. The third-order valence-electron chi connectivity index (χ3n) is 4.33. The molecule has 0 aliphatic rings. The van der Waals surface area contributed by atoms with Crippen molar-refractivity contribution in [2.24, 2.45) is 0 Å². The van der Waals surface area contributed by atoms with E-state index in [0.29, 0.717) is 6.42 Å². The molecule has 144 valence electrons. The normalized spacial score (nSPS) is 13.5. The van der Waals surface area contributed by atoms with Crippen LogP contribution in [0.5, 0.6) is 0 Å². The van der Waals surface area contributed by atoms with Gasteiger partial charge in [-0.1, -0.05) is 95.2 Å². The number of aryl methyl sites for hydroxylation is 1. The summed E-state index contributed by atoms with van der Waals surface area (Å²) in [5.41, 5.74) is 0.963.